The van der Waals surface area contributed by atoms with Crippen LogP contribution in [0, 0.1) is 0 Å². The van der Waals surface area contributed by atoms with Crippen LogP contribution >= 0.6 is 0 Å². The average molecular weight is 228 g/mol. The van der Waals surface area contributed by atoms with Crippen molar-refractivity contribution in [3.63, 3.8) is 0 Å². The van der Waals surface area contributed by atoms with Gasteiger partial charge < -0.3 is 5.32 Å². The zero-order valence-corrected chi connectivity index (χ0v) is 9.71. The molecule has 88 valence electrons. The topological polar surface area (TPSA) is 42.7 Å². The maximum absolute atomic E-state index is 4.11. The van der Waals surface area contributed by atoms with E-state index in [1.807, 2.05) is 0 Å². The van der Waals surface area contributed by atoms with Crippen LogP contribution < -0.4 is 5.32 Å². The fourth-order valence-corrected chi connectivity index (χ4v) is 2.34. The second-order valence-electron chi connectivity index (χ2n) is 4.50. The predicted octanol–water partition coefficient (Wildman–Crippen LogP) is 1.56. The molecule has 1 aromatic heterocycles. The molecule has 1 aliphatic heterocycles. The van der Waals surface area contributed by atoms with Gasteiger partial charge in [0.05, 0.1) is 5.69 Å². The Morgan fingerprint density at radius 3 is 2.82 bits per heavy atom. The lowest BCUT2D eigenvalue weighted by molar-refractivity contribution is 0.603. The summed E-state index contributed by atoms with van der Waals surface area (Å²) >= 11 is 0. The number of hydrogen-bond acceptors (Lipinski definition) is 3. The van der Waals surface area contributed by atoms with Crippen LogP contribution in [0.1, 0.15) is 18.4 Å². The molecule has 2 heterocycles. The standard InChI is InChI=1S/C13H16N4/c1-2-12(15-7-1)8-11-3-5-13(6-4-11)17-10-14-9-16-17/h3-6,9-10,12,15H,1-2,7-8H2. The summed E-state index contributed by atoms with van der Waals surface area (Å²) in [6, 6.07) is 9.21. The summed E-state index contributed by atoms with van der Waals surface area (Å²) in [5, 5.41) is 7.63. The monoisotopic (exact) mass is 228 g/mol. The summed E-state index contributed by atoms with van der Waals surface area (Å²) in [6.45, 7) is 1.17. The van der Waals surface area contributed by atoms with E-state index >= 15 is 0 Å². The molecule has 0 saturated carbocycles. The largest absolute Gasteiger partial charge is 0.314 e. The van der Waals surface area contributed by atoms with Crippen LogP contribution in [0.25, 0.3) is 5.69 Å². The van der Waals surface area contributed by atoms with E-state index in [0.29, 0.717) is 6.04 Å². The molecule has 0 aliphatic carbocycles. The van der Waals surface area contributed by atoms with Crippen molar-refractivity contribution in [3.05, 3.63) is 42.5 Å². The molecule has 17 heavy (non-hydrogen) atoms. The van der Waals surface area contributed by atoms with Gasteiger partial charge in [0.1, 0.15) is 12.7 Å². The third-order valence-electron chi connectivity index (χ3n) is 3.26. The second-order valence-corrected chi connectivity index (χ2v) is 4.50. The SMILES string of the molecule is c1ncn(-c2ccc(CC3CCCN3)cc2)n1. The van der Waals surface area contributed by atoms with E-state index in [9.17, 15) is 0 Å². The van der Waals surface area contributed by atoms with E-state index in [2.05, 4.69) is 39.7 Å². The molecule has 1 atom stereocenters. The van der Waals surface area contributed by atoms with Gasteiger partial charge in [0.15, 0.2) is 0 Å². The maximum Gasteiger partial charge on any atom is 0.138 e. The lowest BCUT2D eigenvalue weighted by atomic mass is 10.0. The molecule has 2 aromatic rings. The van der Waals surface area contributed by atoms with Crippen molar-refractivity contribution in [2.45, 2.75) is 25.3 Å². The van der Waals surface area contributed by atoms with Crippen LogP contribution in [0.2, 0.25) is 0 Å². The summed E-state index contributed by atoms with van der Waals surface area (Å²) in [6.07, 6.45) is 6.99. The van der Waals surface area contributed by atoms with Crippen LogP contribution in [-0.4, -0.2) is 27.4 Å². The Balaban J connectivity index is 1.71. The Kier molecular flexibility index (Phi) is 2.88. The lowest BCUT2D eigenvalue weighted by Crippen LogP contribution is -2.23. The third-order valence-corrected chi connectivity index (χ3v) is 3.26. The van der Waals surface area contributed by atoms with Crippen molar-refractivity contribution in [1.82, 2.24) is 20.1 Å². The first-order valence-electron chi connectivity index (χ1n) is 6.09. The quantitative estimate of drug-likeness (QED) is 0.867. The minimum absolute atomic E-state index is 0.659. The molecule has 1 N–H and O–H groups in total. The highest BCUT2D eigenvalue weighted by atomic mass is 15.3. The normalized spacial score (nSPS) is 19.6. The molecule has 1 aliphatic rings. The van der Waals surface area contributed by atoms with Gasteiger partial charge in [0, 0.05) is 6.04 Å². The van der Waals surface area contributed by atoms with Crippen molar-refractivity contribution < 1.29 is 0 Å². The highest BCUT2D eigenvalue weighted by Gasteiger charge is 2.14. The number of rotatable bonds is 3. The number of nitrogens with one attached hydrogen (secondary N) is 1. The van der Waals surface area contributed by atoms with Crippen molar-refractivity contribution >= 4 is 0 Å². The van der Waals surface area contributed by atoms with Gasteiger partial charge in [0.2, 0.25) is 0 Å². The van der Waals surface area contributed by atoms with E-state index in [1.54, 1.807) is 17.3 Å². The van der Waals surface area contributed by atoms with Crippen LogP contribution in [-0.2, 0) is 6.42 Å². The first-order valence-corrected chi connectivity index (χ1v) is 6.09. The molecule has 3 rings (SSSR count). The van der Waals surface area contributed by atoms with Crippen molar-refractivity contribution in [1.29, 1.82) is 0 Å². The van der Waals surface area contributed by atoms with E-state index in [4.69, 9.17) is 0 Å². The van der Waals surface area contributed by atoms with Crippen molar-refractivity contribution in [3.8, 4) is 5.69 Å². The molecule has 0 bridgehead atoms. The molecule has 4 heteroatoms. The second kappa shape index (κ2) is 4.67. The molecular weight excluding hydrogens is 212 g/mol. The molecule has 1 aromatic carbocycles. The highest BCUT2D eigenvalue weighted by Crippen LogP contribution is 2.14. The molecule has 1 unspecified atom stereocenters. The van der Waals surface area contributed by atoms with Gasteiger partial charge >= 0.3 is 0 Å². The fourth-order valence-electron chi connectivity index (χ4n) is 2.34. The Morgan fingerprint density at radius 1 is 1.29 bits per heavy atom. The van der Waals surface area contributed by atoms with E-state index in [-0.39, 0.29) is 0 Å². The first-order chi connectivity index (χ1) is 8.42. The van der Waals surface area contributed by atoms with Crippen molar-refractivity contribution in [2.24, 2.45) is 0 Å². The van der Waals surface area contributed by atoms with Gasteiger partial charge in [-0.25, -0.2) is 9.67 Å². The van der Waals surface area contributed by atoms with Crippen LogP contribution in [0.4, 0.5) is 0 Å². The fraction of sp³-hybridized carbons (Fsp3) is 0.385. The van der Waals surface area contributed by atoms with Gasteiger partial charge in [-0.2, -0.15) is 5.10 Å². The Bertz CT molecular complexity index is 455. The smallest absolute Gasteiger partial charge is 0.138 e. The van der Waals surface area contributed by atoms with E-state index in [1.165, 1.54) is 24.9 Å². The number of aromatic nitrogens is 3. The van der Waals surface area contributed by atoms with Crippen molar-refractivity contribution in [2.75, 3.05) is 6.54 Å². The summed E-state index contributed by atoms with van der Waals surface area (Å²) in [5.74, 6) is 0. The van der Waals surface area contributed by atoms with Crippen LogP contribution in [0.15, 0.2) is 36.9 Å². The van der Waals surface area contributed by atoms with E-state index in [0.717, 1.165) is 12.1 Å². The third kappa shape index (κ3) is 2.36. The Hall–Kier alpha value is -1.68. The molecule has 0 radical (unpaired) electrons. The zero-order chi connectivity index (χ0) is 11.5. The molecule has 0 amide bonds. The molecular formula is C13H16N4. The minimum atomic E-state index is 0.659. The average Bonchev–Trinajstić information content (AvgIpc) is 3.01. The number of benzene rings is 1. The highest BCUT2D eigenvalue weighted by molar-refractivity contribution is 5.33. The van der Waals surface area contributed by atoms with Crippen LogP contribution in [0.5, 0.6) is 0 Å². The van der Waals surface area contributed by atoms with Gasteiger partial charge in [-0.3, -0.25) is 0 Å². The van der Waals surface area contributed by atoms with Gasteiger partial charge in [-0.05, 0) is 43.5 Å². The lowest BCUT2D eigenvalue weighted by Gasteiger charge is -2.10. The molecule has 1 saturated heterocycles. The van der Waals surface area contributed by atoms with Gasteiger partial charge in [-0.15, -0.1) is 0 Å². The zero-order valence-electron chi connectivity index (χ0n) is 9.71. The summed E-state index contributed by atoms with van der Waals surface area (Å²) < 4.78 is 1.78. The molecule has 4 nitrogen and oxygen atoms in total. The van der Waals surface area contributed by atoms with E-state index < -0.39 is 0 Å². The number of hydrogen-bond donors (Lipinski definition) is 1. The van der Waals surface area contributed by atoms with Gasteiger partial charge in [0.25, 0.3) is 0 Å². The molecule has 1 fully saturated rings. The summed E-state index contributed by atoms with van der Waals surface area (Å²) in [4.78, 5) is 3.95. The molecule has 0 spiro atoms. The Labute approximate surface area is 101 Å². The van der Waals surface area contributed by atoms with Crippen LogP contribution in [0.3, 0.4) is 0 Å². The van der Waals surface area contributed by atoms with Gasteiger partial charge in [-0.1, -0.05) is 12.1 Å². The summed E-state index contributed by atoms with van der Waals surface area (Å²) in [7, 11) is 0. The summed E-state index contributed by atoms with van der Waals surface area (Å²) in [5.41, 5.74) is 2.44. The predicted molar refractivity (Wildman–Crippen MR) is 66.1 cm³/mol. The minimum Gasteiger partial charge on any atom is -0.314 e. The Morgan fingerprint density at radius 2 is 2.18 bits per heavy atom. The maximum atomic E-state index is 4.11. The number of nitrogens with zero attached hydrogens (tertiary/aromatic N) is 3. The first kappa shape index (κ1) is 10.5.